The molecule has 8 heteroatoms. The highest BCUT2D eigenvalue weighted by molar-refractivity contribution is 7.92. The van der Waals surface area contributed by atoms with Gasteiger partial charge < -0.3 is 10.1 Å². The third-order valence-corrected chi connectivity index (χ3v) is 6.33. The van der Waals surface area contributed by atoms with E-state index in [0.717, 1.165) is 5.56 Å². The number of anilines is 2. The number of hydrogen-bond acceptors (Lipinski definition) is 5. The van der Waals surface area contributed by atoms with Crippen molar-refractivity contribution in [2.45, 2.75) is 20.3 Å². The van der Waals surface area contributed by atoms with E-state index >= 15 is 0 Å². The molecule has 1 amide bonds. The largest absolute Gasteiger partial charge is 0.462 e. The summed E-state index contributed by atoms with van der Waals surface area (Å²) in [4.78, 5) is 24.2. The number of rotatable bonds is 6. The van der Waals surface area contributed by atoms with Crippen molar-refractivity contribution in [2.75, 3.05) is 28.5 Å². The van der Waals surface area contributed by atoms with Gasteiger partial charge >= 0.3 is 5.97 Å². The topological polar surface area (TPSA) is 92.8 Å². The SMILES string of the molecule is CCOC(=O)c1ccc(NC(=O)c2ccc3c(c2)CCN3S(=O)(=O)CC)cc1. The molecule has 3 rings (SSSR count). The molecule has 1 aliphatic heterocycles. The molecule has 0 saturated carbocycles. The van der Waals surface area contributed by atoms with Crippen LogP contribution in [0.15, 0.2) is 42.5 Å². The van der Waals surface area contributed by atoms with Crippen LogP contribution < -0.4 is 9.62 Å². The molecule has 7 nitrogen and oxygen atoms in total. The Kier molecular flexibility index (Phi) is 5.69. The van der Waals surface area contributed by atoms with E-state index in [-0.39, 0.29) is 11.7 Å². The van der Waals surface area contributed by atoms with Crippen molar-refractivity contribution in [1.82, 2.24) is 0 Å². The second kappa shape index (κ2) is 8.02. The molecule has 2 aromatic carbocycles. The molecule has 0 unspecified atom stereocenters. The summed E-state index contributed by atoms with van der Waals surface area (Å²) in [5, 5.41) is 2.78. The monoisotopic (exact) mass is 402 g/mol. The normalized spacial score (nSPS) is 13.1. The number of esters is 1. The summed E-state index contributed by atoms with van der Waals surface area (Å²) in [6, 6.07) is 11.5. The van der Waals surface area contributed by atoms with Gasteiger partial charge in [-0.05, 0) is 68.3 Å². The molecule has 0 radical (unpaired) electrons. The lowest BCUT2D eigenvalue weighted by atomic mass is 10.1. The number of sulfonamides is 1. The maximum absolute atomic E-state index is 12.5. The highest BCUT2D eigenvalue weighted by Crippen LogP contribution is 2.31. The first kappa shape index (κ1) is 19.9. The summed E-state index contributed by atoms with van der Waals surface area (Å²) in [6.07, 6.45) is 0.573. The quantitative estimate of drug-likeness (QED) is 0.750. The zero-order valence-electron chi connectivity index (χ0n) is 15.8. The maximum Gasteiger partial charge on any atom is 0.338 e. The molecule has 1 aliphatic rings. The molecule has 0 atom stereocenters. The van der Waals surface area contributed by atoms with Gasteiger partial charge in [0.15, 0.2) is 0 Å². The first-order chi connectivity index (χ1) is 13.4. The van der Waals surface area contributed by atoms with Crippen LogP contribution in [0.5, 0.6) is 0 Å². The van der Waals surface area contributed by atoms with Crippen molar-refractivity contribution in [1.29, 1.82) is 0 Å². The number of hydrogen-bond donors (Lipinski definition) is 1. The van der Waals surface area contributed by atoms with Crippen molar-refractivity contribution in [2.24, 2.45) is 0 Å². The first-order valence-corrected chi connectivity index (χ1v) is 10.7. The number of carbonyl (C=O) groups excluding carboxylic acids is 2. The molecule has 0 aromatic heterocycles. The van der Waals surface area contributed by atoms with Crippen LogP contribution >= 0.6 is 0 Å². The number of carbonyl (C=O) groups is 2. The smallest absolute Gasteiger partial charge is 0.338 e. The lowest BCUT2D eigenvalue weighted by Gasteiger charge is -2.18. The fourth-order valence-electron chi connectivity index (χ4n) is 3.06. The average Bonchev–Trinajstić information content (AvgIpc) is 3.12. The average molecular weight is 402 g/mol. The van der Waals surface area contributed by atoms with Gasteiger partial charge in [0.05, 0.1) is 23.6 Å². The molecule has 1 N–H and O–H groups in total. The van der Waals surface area contributed by atoms with E-state index in [1.54, 1.807) is 56.3 Å². The number of amides is 1. The van der Waals surface area contributed by atoms with Gasteiger partial charge in [-0.3, -0.25) is 9.10 Å². The van der Waals surface area contributed by atoms with E-state index in [4.69, 9.17) is 4.74 Å². The van der Waals surface area contributed by atoms with Crippen molar-refractivity contribution < 1.29 is 22.7 Å². The Balaban J connectivity index is 1.73. The van der Waals surface area contributed by atoms with Crippen molar-refractivity contribution in [3.05, 3.63) is 59.2 Å². The van der Waals surface area contributed by atoms with E-state index < -0.39 is 16.0 Å². The van der Waals surface area contributed by atoms with E-state index in [1.165, 1.54) is 4.31 Å². The molecule has 0 aliphatic carbocycles. The molecule has 28 heavy (non-hydrogen) atoms. The minimum atomic E-state index is -3.31. The predicted octanol–water partition coefficient (Wildman–Crippen LogP) is 2.83. The summed E-state index contributed by atoms with van der Waals surface area (Å²) < 4.78 is 30.6. The number of nitrogens with zero attached hydrogens (tertiary/aromatic N) is 1. The Morgan fingerprint density at radius 1 is 1.07 bits per heavy atom. The number of ether oxygens (including phenoxy) is 1. The van der Waals surface area contributed by atoms with Crippen LogP contribution in [0, 0.1) is 0 Å². The summed E-state index contributed by atoms with van der Waals surface area (Å²) in [7, 11) is -3.31. The minimum Gasteiger partial charge on any atom is -0.462 e. The van der Waals surface area contributed by atoms with Gasteiger partial charge in [-0.2, -0.15) is 0 Å². The number of benzene rings is 2. The molecule has 1 heterocycles. The van der Waals surface area contributed by atoms with Crippen LogP contribution in [0.2, 0.25) is 0 Å². The molecule has 0 saturated heterocycles. The lowest BCUT2D eigenvalue weighted by molar-refractivity contribution is 0.0526. The predicted molar refractivity (Wildman–Crippen MR) is 107 cm³/mol. The Morgan fingerprint density at radius 2 is 1.75 bits per heavy atom. The van der Waals surface area contributed by atoms with Gasteiger partial charge in [-0.25, -0.2) is 13.2 Å². The fourth-order valence-corrected chi connectivity index (χ4v) is 4.22. The van der Waals surface area contributed by atoms with Crippen LogP contribution in [0.3, 0.4) is 0 Å². The minimum absolute atomic E-state index is 0.0382. The maximum atomic E-state index is 12.5. The zero-order valence-corrected chi connectivity index (χ0v) is 16.6. The second-order valence-electron chi connectivity index (χ2n) is 6.32. The lowest BCUT2D eigenvalue weighted by Crippen LogP contribution is -2.30. The van der Waals surface area contributed by atoms with Gasteiger partial charge in [0, 0.05) is 17.8 Å². The molecule has 2 aromatic rings. The summed E-state index contributed by atoms with van der Waals surface area (Å²) in [5.41, 5.74) is 2.88. The van der Waals surface area contributed by atoms with E-state index in [1.807, 2.05) is 0 Å². The van der Waals surface area contributed by atoms with Crippen molar-refractivity contribution >= 4 is 33.3 Å². The summed E-state index contributed by atoms with van der Waals surface area (Å²) in [5.74, 6) is -0.676. The third kappa shape index (κ3) is 4.01. The standard InChI is InChI=1S/C20H22N2O5S/c1-3-27-20(24)14-5-8-17(9-6-14)21-19(23)16-7-10-18-15(13-16)11-12-22(18)28(25,26)4-2/h5-10,13H,3-4,11-12H2,1-2H3,(H,21,23). The molecular formula is C20H22N2O5S. The summed E-state index contributed by atoms with van der Waals surface area (Å²) in [6.45, 7) is 4.04. The number of fused-ring (bicyclic) bond motifs is 1. The van der Waals surface area contributed by atoms with Crippen LogP contribution in [0.4, 0.5) is 11.4 Å². The number of nitrogens with one attached hydrogen (secondary N) is 1. The molecule has 0 spiro atoms. The van der Waals surface area contributed by atoms with Gasteiger partial charge in [-0.1, -0.05) is 0 Å². The Bertz CT molecular complexity index is 1000. The van der Waals surface area contributed by atoms with Crippen molar-refractivity contribution in [3.63, 3.8) is 0 Å². The van der Waals surface area contributed by atoms with Crippen LogP contribution in [-0.2, 0) is 21.2 Å². The van der Waals surface area contributed by atoms with Crippen molar-refractivity contribution in [3.8, 4) is 0 Å². The zero-order chi connectivity index (χ0) is 20.3. The van der Waals surface area contributed by atoms with E-state index in [0.29, 0.717) is 42.1 Å². The van der Waals surface area contributed by atoms with Crippen LogP contribution in [-0.4, -0.2) is 39.2 Å². The van der Waals surface area contributed by atoms with Gasteiger partial charge in [0.1, 0.15) is 0 Å². The Labute approximate surface area is 164 Å². The van der Waals surface area contributed by atoms with Gasteiger partial charge in [-0.15, -0.1) is 0 Å². The van der Waals surface area contributed by atoms with E-state index in [2.05, 4.69) is 5.32 Å². The van der Waals surface area contributed by atoms with E-state index in [9.17, 15) is 18.0 Å². The first-order valence-electron chi connectivity index (χ1n) is 9.07. The van der Waals surface area contributed by atoms with Gasteiger partial charge in [0.2, 0.25) is 10.0 Å². The highest BCUT2D eigenvalue weighted by atomic mass is 32.2. The molecule has 0 fully saturated rings. The Morgan fingerprint density at radius 3 is 2.39 bits per heavy atom. The Hall–Kier alpha value is -2.87. The summed E-state index contributed by atoms with van der Waals surface area (Å²) >= 11 is 0. The van der Waals surface area contributed by atoms with Crippen LogP contribution in [0.1, 0.15) is 40.1 Å². The highest BCUT2D eigenvalue weighted by Gasteiger charge is 2.28. The molecule has 0 bridgehead atoms. The van der Waals surface area contributed by atoms with Crippen LogP contribution in [0.25, 0.3) is 0 Å². The third-order valence-electron chi connectivity index (χ3n) is 4.55. The second-order valence-corrected chi connectivity index (χ2v) is 8.50. The fraction of sp³-hybridized carbons (Fsp3) is 0.300. The van der Waals surface area contributed by atoms with Gasteiger partial charge in [0.25, 0.3) is 5.91 Å². The molecule has 148 valence electrons. The molecular weight excluding hydrogens is 380 g/mol.